The summed E-state index contributed by atoms with van der Waals surface area (Å²) < 4.78 is 33.9. The van der Waals surface area contributed by atoms with Crippen LogP contribution in [0.4, 0.5) is 8.78 Å². The lowest BCUT2D eigenvalue weighted by molar-refractivity contribution is -0.125. The smallest absolute Gasteiger partial charge is 0.387 e. The summed E-state index contributed by atoms with van der Waals surface area (Å²) in [6.07, 6.45) is 3.27. The van der Waals surface area contributed by atoms with Gasteiger partial charge in [-0.2, -0.15) is 14.0 Å². The molecule has 0 aromatic heterocycles. The fourth-order valence-electron chi connectivity index (χ4n) is 2.37. The molecule has 1 heterocycles. The van der Waals surface area contributed by atoms with Crippen molar-refractivity contribution in [2.75, 3.05) is 20.2 Å². The standard InChI is InChI=1S/C16H16F2N2O3/c1-22-14-9-11(4-5-13(14)23-16(17)18)8-12(10-19)15(21)20-6-2-3-7-20/h4-5,8-9,16H,2-3,6-7H2,1H3/b12-8+. The topological polar surface area (TPSA) is 62.6 Å². The highest BCUT2D eigenvalue weighted by Crippen LogP contribution is 2.30. The van der Waals surface area contributed by atoms with Crippen LogP contribution in [-0.4, -0.2) is 37.6 Å². The highest BCUT2D eigenvalue weighted by molar-refractivity contribution is 6.01. The van der Waals surface area contributed by atoms with Crippen molar-refractivity contribution in [3.8, 4) is 17.6 Å². The monoisotopic (exact) mass is 322 g/mol. The number of ether oxygens (including phenoxy) is 2. The number of likely N-dealkylation sites (tertiary alicyclic amines) is 1. The molecule has 1 aliphatic rings. The van der Waals surface area contributed by atoms with Crippen LogP contribution in [-0.2, 0) is 4.79 Å². The van der Waals surface area contributed by atoms with Crippen LogP contribution in [0.3, 0.4) is 0 Å². The van der Waals surface area contributed by atoms with E-state index >= 15 is 0 Å². The number of hydrogen-bond acceptors (Lipinski definition) is 4. The van der Waals surface area contributed by atoms with Gasteiger partial charge in [0.1, 0.15) is 11.6 Å². The molecule has 23 heavy (non-hydrogen) atoms. The molecule has 0 N–H and O–H groups in total. The molecule has 1 saturated heterocycles. The number of methoxy groups -OCH3 is 1. The Kier molecular flexibility index (Phi) is 5.52. The van der Waals surface area contributed by atoms with Gasteiger partial charge in [0, 0.05) is 13.1 Å². The van der Waals surface area contributed by atoms with Crippen LogP contribution in [0.15, 0.2) is 23.8 Å². The summed E-state index contributed by atoms with van der Waals surface area (Å²) in [5.41, 5.74) is 0.490. The van der Waals surface area contributed by atoms with Gasteiger partial charge in [-0.25, -0.2) is 0 Å². The van der Waals surface area contributed by atoms with Crippen LogP contribution in [0.5, 0.6) is 11.5 Å². The largest absolute Gasteiger partial charge is 0.493 e. The first kappa shape index (κ1) is 16.7. The number of nitriles is 1. The maximum atomic E-state index is 12.3. The van der Waals surface area contributed by atoms with Crippen molar-refractivity contribution in [2.45, 2.75) is 19.5 Å². The van der Waals surface area contributed by atoms with Gasteiger partial charge in [-0.1, -0.05) is 6.07 Å². The van der Waals surface area contributed by atoms with E-state index in [1.165, 1.54) is 31.4 Å². The lowest BCUT2D eigenvalue weighted by Gasteiger charge is -2.14. The molecule has 0 radical (unpaired) electrons. The summed E-state index contributed by atoms with van der Waals surface area (Å²) in [5, 5.41) is 9.20. The minimum Gasteiger partial charge on any atom is -0.493 e. The lowest BCUT2D eigenvalue weighted by Crippen LogP contribution is -2.28. The van der Waals surface area contributed by atoms with Gasteiger partial charge < -0.3 is 14.4 Å². The third-order valence-corrected chi connectivity index (χ3v) is 3.46. The number of hydrogen-bond donors (Lipinski definition) is 0. The van der Waals surface area contributed by atoms with Crippen LogP contribution in [0, 0.1) is 11.3 Å². The van der Waals surface area contributed by atoms with Gasteiger partial charge in [-0.05, 0) is 36.6 Å². The predicted molar refractivity (Wildman–Crippen MR) is 79.0 cm³/mol. The zero-order valence-corrected chi connectivity index (χ0v) is 12.6. The molecule has 1 aromatic carbocycles. The number of amides is 1. The fraction of sp³-hybridized carbons (Fsp3) is 0.375. The van der Waals surface area contributed by atoms with Gasteiger partial charge >= 0.3 is 6.61 Å². The highest BCUT2D eigenvalue weighted by atomic mass is 19.3. The van der Waals surface area contributed by atoms with Crippen molar-refractivity contribution >= 4 is 12.0 Å². The molecule has 5 nitrogen and oxygen atoms in total. The summed E-state index contributed by atoms with van der Waals surface area (Å²) >= 11 is 0. The van der Waals surface area contributed by atoms with Crippen molar-refractivity contribution < 1.29 is 23.0 Å². The highest BCUT2D eigenvalue weighted by Gasteiger charge is 2.21. The van der Waals surface area contributed by atoms with Gasteiger partial charge in [0.15, 0.2) is 11.5 Å². The van der Waals surface area contributed by atoms with E-state index in [0.29, 0.717) is 18.7 Å². The Morgan fingerprint density at radius 1 is 1.35 bits per heavy atom. The zero-order valence-electron chi connectivity index (χ0n) is 12.6. The Morgan fingerprint density at radius 2 is 2.04 bits per heavy atom. The molecule has 122 valence electrons. The summed E-state index contributed by atoms with van der Waals surface area (Å²) in [4.78, 5) is 13.9. The molecule has 1 aromatic rings. The Bertz CT molecular complexity index is 647. The van der Waals surface area contributed by atoms with E-state index in [1.54, 1.807) is 4.90 Å². The number of benzene rings is 1. The Morgan fingerprint density at radius 3 is 2.61 bits per heavy atom. The molecular weight excluding hydrogens is 306 g/mol. The van der Waals surface area contributed by atoms with E-state index in [2.05, 4.69) is 4.74 Å². The van der Waals surface area contributed by atoms with E-state index in [4.69, 9.17) is 4.74 Å². The third kappa shape index (κ3) is 4.19. The van der Waals surface area contributed by atoms with E-state index < -0.39 is 6.61 Å². The van der Waals surface area contributed by atoms with Crippen LogP contribution in [0.25, 0.3) is 6.08 Å². The van der Waals surface area contributed by atoms with Gasteiger partial charge in [-0.3, -0.25) is 4.79 Å². The Hall–Kier alpha value is -2.62. The lowest BCUT2D eigenvalue weighted by atomic mass is 10.1. The van der Waals surface area contributed by atoms with E-state index in [-0.39, 0.29) is 23.0 Å². The molecule has 0 atom stereocenters. The van der Waals surface area contributed by atoms with Crippen molar-refractivity contribution in [1.29, 1.82) is 5.26 Å². The second kappa shape index (κ2) is 7.58. The molecule has 0 unspecified atom stereocenters. The summed E-state index contributed by atoms with van der Waals surface area (Å²) in [6.45, 7) is -1.68. The average Bonchev–Trinajstić information content (AvgIpc) is 3.07. The van der Waals surface area contributed by atoms with Crippen LogP contribution in [0.1, 0.15) is 18.4 Å². The second-order valence-electron chi connectivity index (χ2n) is 4.96. The van der Waals surface area contributed by atoms with E-state index in [0.717, 1.165) is 12.8 Å². The van der Waals surface area contributed by atoms with Crippen molar-refractivity contribution in [3.63, 3.8) is 0 Å². The first-order valence-corrected chi connectivity index (χ1v) is 7.09. The van der Waals surface area contributed by atoms with E-state index in [1.807, 2.05) is 6.07 Å². The minimum absolute atomic E-state index is 0.00326. The summed E-state index contributed by atoms with van der Waals surface area (Å²) in [6, 6.07) is 6.12. The number of rotatable bonds is 5. The molecule has 1 fully saturated rings. The molecule has 1 aliphatic heterocycles. The summed E-state index contributed by atoms with van der Waals surface area (Å²) in [7, 11) is 1.32. The Labute approximate surface area is 132 Å². The zero-order chi connectivity index (χ0) is 16.8. The summed E-state index contributed by atoms with van der Waals surface area (Å²) in [5.74, 6) is -0.328. The first-order valence-electron chi connectivity index (χ1n) is 7.09. The molecule has 0 saturated carbocycles. The van der Waals surface area contributed by atoms with Gasteiger partial charge in [0.2, 0.25) is 0 Å². The molecule has 1 amide bonds. The maximum Gasteiger partial charge on any atom is 0.387 e. The molecule has 7 heteroatoms. The van der Waals surface area contributed by atoms with E-state index in [9.17, 15) is 18.8 Å². The Balaban J connectivity index is 2.25. The normalized spacial score (nSPS) is 14.7. The van der Waals surface area contributed by atoms with Crippen LogP contribution < -0.4 is 9.47 Å². The third-order valence-electron chi connectivity index (χ3n) is 3.46. The predicted octanol–water partition coefficient (Wildman–Crippen LogP) is 2.83. The fourth-order valence-corrected chi connectivity index (χ4v) is 2.37. The number of halogens is 2. The van der Waals surface area contributed by atoms with Crippen LogP contribution in [0.2, 0.25) is 0 Å². The van der Waals surface area contributed by atoms with Crippen molar-refractivity contribution in [3.05, 3.63) is 29.3 Å². The van der Waals surface area contributed by atoms with Crippen molar-refractivity contribution in [2.24, 2.45) is 0 Å². The minimum atomic E-state index is -2.96. The van der Waals surface area contributed by atoms with Gasteiger partial charge in [-0.15, -0.1) is 0 Å². The van der Waals surface area contributed by atoms with Gasteiger partial charge in [0.25, 0.3) is 5.91 Å². The number of alkyl halides is 2. The van der Waals surface area contributed by atoms with Gasteiger partial charge in [0.05, 0.1) is 7.11 Å². The molecule has 0 aliphatic carbocycles. The SMILES string of the molecule is COc1cc(/C=C(\C#N)C(=O)N2CCCC2)ccc1OC(F)F. The molecule has 2 rings (SSSR count). The molecular formula is C16H16F2N2O3. The molecule has 0 spiro atoms. The van der Waals surface area contributed by atoms with Crippen molar-refractivity contribution in [1.82, 2.24) is 4.90 Å². The number of nitrogens with zero attached hydrogens (tertiary/aromatic N) is 2. The first-order chi connectivity index (χ1) is 11.0. The average molecular weight is 322 g/mol. The molecule has 0 bridgehead atoms. The van der Waals surface area contributed by atoms with Crippen LogP contribution >= 0.6 is 0 Å². The quantitative estimate of drug-likeness (QED) is 0.618. The second-order valence-corrected chi connectivity index (χ2v) is 4.96. The number of carbonyl (C=O) groups is 1. The maximum absolute atomic E-state index is 12.3. The number of carbonyl (C=O) groups excluding carboxylic acids is 1.